The van der Waals surface area contributed by atoms with Gasteiger partial charge in [0, 0.05) is 18.5 Å². The first-order chi connectivity index (χ1) is 12.6. The molecule has 1 N–H and O–H groups in total. The second-order valence-electron chi connectivity index (χ2n) is 4.92. The van der Waals surface area contributed by atoms with Crippen LogP contribution in [0.2, 0.25) is 5.02 Å². The van der Waals surface area contributed by atoms with Crippen molar-refractivity contribution >= 4 is 46.6 Å². The number of esters is 1. The van der Waals surface area contributed by atoms with Gasteiger partial charge in [-0.05, 0) is 29.5 Å². The maximum Gasteiger partial charge on any atom is 0.331 e. The Kier molecular flexibility index (Phi) is 5.49. The monoisotopic (exact) mass is 389 g/mol. The van der Waals surface area contributed by atoms with Gasteiger partial charge >= 0.3 is 5.97 Å². The number of amidine groups is 1. The van der Waals surface area contributed by atoms with E-state index in [0.717, 1.165) is 29.1 Å². The zero-order valence-corrected chi connectivity index (χ0v) is 15.0. The minimum absolute atomic E-state index is 0.193. The molecule has 0 atom stereocenters. The van der Waals surface area contributed by atoms with E-state index < -0.39 is 11.9 Å². The first-order valence-electron chi connectivity index (χ1n) is 7.24. The normalized spacial score (nSPS) is 17.2. The van der Waals surface area contributed by atoms with E-state index in [2.05, 4.69) is 25.2 Å². The quantitative estimate of drug-likeness (QED) is 0.374. The SMILES string of the molecule is COC(=O)/C=C1/S/C(=N\N=Cc2ccc(-n3ccnc3)c(Cl)c2)NC1=O. The van der Waals surface area contributed by atoms with Gasteiger partial charge < -0.3 is 9.30 Å². The van der Waals surface area contributed by atoms with E-state index in [4.69, 9.17) is 11.6 Å². The van der Waals surface area contributed by atoms with Gasteiger partial charge in [-0.25, -0.2) is 9.78 Å². The number of benzene rings is 1. The number of nitrogens with zero attached hydrogens (tertiary/aromatic N) is 4. The lowest BCUT2D eigenvalue weighted by atomic mass is 10.2. The fraction of sp³-hybridized carbons (Fsp3) is 0.0625. The van der Waals surface area contributed by atoms with Crippen LogP contribution in [0.15, 0.2) is 58.1 Å². The van der Waals surface area contributed by atoms with Gasteiger partial charge in [-0.15, -0.1) is 5.10 Å². The number of aromatic nitrogens is 2. The number of amides is 1. The van der Waals surface area contributed by atoms with Crippen LogP contribution < -0.4 is 5.32 Å². The predicted molar refractivity (Wildman–Crippen MR) is 99.4 cm³/mol. The molecular weight excluding hydrogens is 378 g/mol. The van der Waals surface area contributed by atoms with Crippen molar-refractivity contribution < 1.29 is 14.3 Å². The Bertz CT molecular complexity index is 937. The van der Waals surface area contributed by atoms with E-state index in [0.29, 0.717) is 5.02 Å². The average Bonchev–Trinajstić information content (AvgIpc) is 3.25. The molecule has 1 aliphatic rings. The molecule has 1 fully saturated rings. The summed E-state index contributed by atoms with van der Waals surface area (Å²) in [6.45, 7) is 0. The number of ether oxygens (including phenoxy) is 1. The lowest BCUT2D eigenvalue weighted by molar-refractivity contribution is -0.135. The van der Waals surface area contributed by atoms with Gasteiger partial charge in [0.25, 0.3) is 5.91 Å². The second kappa shape index (κ2) is 7.98. The molecule has 0 spiro atoms. The molecule has 0 bridgehead atoms. The fourth-order valence-electron chi connectivity index (χ4n) is 2.00. The van der Waals surface area contributed by atoms with Crippen LogP contribution in [0.4, 0.5) is 0 Å². The number of imidazole rings is 1. The van der Waals surface area contributed by atoms with Crippen LogP contribution in [0.5, 0.6) is 0 Å². The third-order valence-corrected chi connectivity index (χ3v) is 4.41. The molecule has 26 heavy (non-hydrogen) atoms. The number of carbonyl (C=O) groups excluding carboxylic acids is 2. The molecule has 1 saturated heterocycles. The summed E-state index contributed by atoms with van der Waals surface area (Å²) in [5.74, 6) is -1.04. The summed E-state index contributed by atoms with van der Waals surface area (Å²) < 4.78 is 6.28. The lowest BCUT2D eigenvalue weighted by Gasteiger charge is -2.05. The maximum atomic E-state index is 11.7. The van der Waals surface area contributed by atoms with Gasteiger partial charge in [0.05, 0.1) is 35.3 Å². The van der Waals surface area contributed by atoms with Crippen LogP contribution >= 0.6 is 23.4 Å². The minimum Gasteiger partial charge on any atom is -0.466 e. The molecule has 3 rings (SSSR count). The van der Waals surface area contributed by atoms with Crippen LogP contribution in [0, 0.1) is 0 Å². The largest absolute Gasteiger partial charge is 0.466 e. The molecule has 1 amide bonds. The van der Waals surface area contributed by atoms with E-state index >= 15 is 0 Å². The number of hydrogen-bond acceptors (Lipinski definition) is 7. The van der Waals surface area contributed by atoms with E-state index in [1.807, 2.05) is 12.1 Å². The zero-order valence-electron chi connectivity index (χ0n) is 13.4. The minimum atomic E-state index is -0.611. The number of methoxy groups -OCH3 is 1. The molecule has 1 aromatic carbocycles. The second-order valence-corrected chi connectivity index (χ2v) is 6.36. The Morgan fingerprint density at radius 3 is 3.00 bits per heavy atom. The Hall–Kier alpha value is -2.91. The molecule has 132 valence electrons. The van der Waals surface area contributed by atoms with Crippen LogP contribution in [0.1, 0.15) is 5.56 Å². The summed E-state index contributed by atoms with van der Waals surface area (Å²) in [6.07, 6.45) is 7.71. The summed E-state index contributed by atoms with van der Waals surface area (Å²) in [5, 5.41) is 11.2. The highest BCUT2D eigenvalue weighted by Gasteiger charge is 2.24. The van der Waals surface area contributed by atoms with Crippen molar-refractivity contribution in [1.82, 2.24) is 14.9 Å². The first kappa shape index (κ1) is 17.9. The van der Waals surface area contributed by atoms with Gasteiger partial charge in [0.15, 0.2) is 5.17 Å². The molecule has 1 aromatic heterocycles. The molecule has 8 nitrogen and oxygen atoms in total. The topological polar surface area (TPSA) is 97.9 Å². The summed E-state index contributed by atoms with van der Waals surface area (Å²) in [5.41, 5.74) is 1.53. The fourth-order valence-corrected chi connectivity index (χ4v) is 3.03. The standard InChI is InChI=1S/C16H12ClN5O3S/c1-25-14(23)7-13-15(24)20-16(26-13)21-19-8-10-2-3-12(11(17)6-10)22-5-4-18-9-22/h2-9H,1H3,(H,20,21,24)/b13-7+,19-8?. The maximum absolute atomic E-state index is 11.7. The highest BCUT2D eigenvalue weighted by Crippen LogP contribution is 2.24. The van der Waals surface area contributed by atoms with Crippen molar-refractivity contribution in [1.29, 1.82) is 0 Å². The Labute approximate surface area is 157 Å². The Morgan fingerprint density at radius 2 is 2.31 bits per heavy atom. The zero-order chi connectivity index (χ0) is 18.5. The van der Waals surface area contributed by atoms with Crippen LogP contribution in [-0.4, -0.2) is 39.9 Å². The molecule has 10 heteroatoms. The molecule has 0 unspecified atom stereocenters. The smallest absolute Gasteiger partial charge is 0.331 e. The van der Waals surface area contributed by atoms with Crippen molar-refractivity contribution in [2.75, 3.05) is 7.11 Å². The van der Waals surface area contributed by atoms with Crippen molar-refractivity contribution in [3.05, 3.63) is 58.5 Å². The van der Waals surface area contributed by atoms with Crippen LogP contribution in [0.3, 0.4) is 0 Å². The highest BCUT2D eigenvalue weighted by atomic mass is 35.5. The number of carbonyl (C=O) groups is 2. The number of nitrogens with one attached hydrogen (secondary N) is 1. The summed E-state index contributed by atoms with van der Waals surface area (Å²) in [7, 11) is 1.24. The Balaban J connectivity index is 1.70. The number of halogens is 1. The van der Waals surface area contributed by atoms with E-state index in [-0.39, 0.29) is 10.1 Å². The summed E-state index contributed by atoms with van der Waals surface area (Å²) in [4.78, 5) is 27.1. The molecule has 0 aliphatic carbocycles. The van der Waals surface area contributed by atoms with Crippen molar-refractivity contribution in [2.24, 2.45) is 10.2 Å². The van der Waals surface area contributed by atoms with Crippen LogP contribution in [-0.2, 0) is 14.3 Å². The van der Waals surface area contributed by atoms with Crippen molar-refractivity contribution in [2.45, 2.75) is 0 Å². The molecular formula is C16H12ClN5O3S. The van der Waals surface area contributed by atoms with Gasteiger partial charge in [-0.2, -0.15) is 5.10 Å². The molecule has 0 saturated carbocycles. The van der Waals surface area contributed by atoms with Gasteiger partial charge in [0.1, 0.15) is 0 Å². The van der Waals surface area contributed by atoms with E-state index in [1.165, 1.54) is 13.3 Å². The van der Waals surface area contributed by atoms with E-state index in [1.54, 1.807) is 29.4 Å². The van der Waals surface area contributed by atoms with Crippen LogP contribution in [0.25, 0.3) is 5.69 Å². The molecule has 2 heterocycles. The lowest BCUT2D eigenvalue weighted by Crippen LogP contribution is -2.19. The summed E-state index contributed by atoms with van der Waals surface area (Å²) in [6, 6.07) is 5.40. The number of rotatable bonds is 4. The molecule has 1 aliphatic heterocycles. The van der Waals surface area contributed by atoms with Gasteiger partial charge in [-0.3, -0.25) is 10.1 Å². The molecule has 0 radical (unpaired) electrons. The highest BCUT2D eigenvalue weighted by molar-refractivity contribution is 8.18. The predicted octanol–water partition coefficient (Wildman–Crippen LogP) is 2.14. The number of thioether (sulfide) groups is 1. The van der Waals surface area contributed by atoms with Gasteiger partial charge in [0.2, 0.25) is 0 Å². The Morgan fingerprint density at radius 1 is 1.46 bits per heavy atom. The molecule has 2 aromatic rings. The number of hydrogen-bond donors (Lipinski definition) is 1. The van der Waals surface area contributed by atoms with Crippen molar-refractivity contribution in [3.8, 4) is 5.69 Å². The third kappa shape index (κ3) is 4.19. The van der Waals surface area contributed by atoms with Gasteiger partial charge in [-0.1, -0.05) is 17.7 Å². The third-order valence-electron chi connectivity index (χ3n) is 3.21. The average molecular weight is 390 g/mol. The summed E-state index contributed by atoms with van der Waals surface area (Å²) >= 11 is 7.27. The first-order valence-corrected chi connectivity index (χ1v) is 8.44. The van der Waals surface area contributed by atoms with Crippen molar-refractivity contribution in [3.63, 3.8) is 0 Å². The van der Waals surface area contributed by atoms with E-state index in [9.17, 15) is 9.59 Å².